The SMILES string of the molecule is Cn1c2[n+]3c4c(cccc41)-c1cc(-c4ccccc4)cc4c1C3(COc1c-2cc(-n2c3ccccc3c3ccccc32)cc1C(C)(C)C)[n+]1cc([Si](C)(C)C)ccc1-4. The Labute approximate surface area is 340 Å². The molecule has 3 aromatic heterocycles. The summed E-state index contributed by atoms with van der Waals surface area (Å²) in [5.74, 6) is 2.13. The van der Waals surface area contributed by atoms with Crippen LogP contribution in [0.25, 0.3) is 83.4 Å². The zero-order valence-electron chi connectivity index (χ0n) is 34.2. The summed E-state index contributed by atoms with van der Waals surface area (Å²) in [6.07, 6.45) is 2.49. The molecule has 6 heterocycles. The molecular formula is C52H46N4OSi+2. The molecule has 0 fully saturated rings. The summed E-state index contributed by atoms with van der Waals surface area (Å²) < 4.78 is 17.8. The lowest BCUT2D eigenvalue weighted by atomic mass is 9.82. The Morgan fingerprint density at radius 3 is 2.03 bits per heavy atom. The summed E-state index contributed by atoms with van der Waals surface area (Å²) in [7, 11) is 0.536. The molecule has 0 saturated carbocycles. The van der Waals surface area contributed by atoms with Crippen LogP contribution in [0.15, 0.2) is 140 Å². The minimum Gasteiger partial charge on any atom is -0.480 e. The number of hydrogen-bond donors (Lipinski definition) is 0. The molecule has 0 bridgehead atoms. The Bertz CT molecular complexity index is 3210. The predicted molar refractivity (Wildman–Crippen MR) is 239 cm³/mol. The van der Waals surface area contributed by atoms with E-state index >= 15 is 0 Å². The van der Waals surface area contributed by atoms with Gasteiger partial charge in [-0.2, -0.15) is 4.57 Å². The van der Waals surface area contributed by atoms with Crippen LogP contribution >= 0.6 is 0 Å². The summed E-state index contributed by atoms with van der Waals surface area (Å²) in [5.41, 5.74) is 16.3. The first-order valence-electron chi connectivity index (χ1n) is 20.6. The summed E-state index contributed by atoms with van der Waals surface area (Å²) in [6, 6.07) is 49.9. The number of imidazole rings is 1. The highest BCUT2D eigenvalue weighted by molar-refractivity contribution is 6.88. The third kappa shape index (κ3) is 4.25. The van der Waals surface area contributed by atoms with Gasteiger partial charge in [0.2, 0.25) is 12.3 Å². The fraction of sp³-hybridized carbons (Fsp3) is 0.192. The van der Waals surface area contributed by atoms with Gasteiger partial charge in [-0.25, -0.2) is 4.57 Å². The lowest BCUT2D eigenvalue weighted by Gasteiger charge is -2.29. The molecule has 6 heteroatoms. The second-order valence-corrected chi connectivity index (χ2v) is 23.8. The first-order chi connectivity index (χ1) is 27.9. The van der Waals surface area contributed by atoms with Crippen molar-refractivity contribution >= 4 is 46.1 Å². The maximum atomic E-state index is 7.56. The highest BCUT2D eigenvalue weighted by atomic mass is 28.3. The van der Waals surface area contributed by atoms with Gasteiger partial charge in [-0.1, -0.05) is 119 Å². The molecule has 0 N–H and O–H groups in total. The number of fused-ring (bicyclic) bond motifs is 8. The summed E-state index contributed by atoms with van der Waals surface area (Å²) >= 11 is 0. The van der Waals surface area contributed by atoms with E-state index in [4.69, 9.17) is 4.74 Å². The molecule has 0 amide bonds. The van der Waals surface area contributed by atoms with Gasteiger partial charge < -0.3 is 9.30 Å². The standard InChI is InChI=1S/C52H46N4OSi/c1-51(2,3)42-29-34(55-44-21-13-11-18-36(44)37-19-12-14-22-45(37)55)28-41-49(42)57-31-52-47-39(38-20-15-23-46-48(38)56(52)50(41)53(46)4)26-33(32-16-9-8-10-17-32)27-40(47)43-25-24-35(30-54(43)52)58(5,6)7/h8-30H,31H2,1-7H3/q+2. The number of hydrogen-bond acceptors (Lipinski definition) is 1. The zero-order chi connectivity index (χ0) is 39.5. The number of para-hydroxylation sites is 3. The number of pyridine rings is 1. The molecule has 0 saturated heterocycles. The number of aromatic nitrogens is 4. The van der Waals surface area contributed by atoms with Crippen molar-refractivity contribution in [2.75, 3.05) is 6.61 Å². The van der Waals surface area contributed by atoms with E-state index in [9.17, 15) is 0 Å². The van der Waals surface area contributed by atoms with Gasteiger partial charge in [-0.05, 0) is 65.1 Å². The average Bonchev–Trinajstić information content (AvgIpc) is 3.78. The second kappa shape index (κ2) is 11.2. The molecule has 1 unspecified atom stereocenters. The fourth-order valence-corrected chi connectivity index (χ4v) is 11.7. The molecule has 6 aromatic carbocycles. The Morgan fingerprint density at radius 1 is 0.655 bits per heavy atom. The van der Waals surface area contributed by atoms with E-state index < -0.39 is 13.7 Å². The molecule has 3 aliphatic rings. The molecular weight excluding hydrogens is 725 g/mol. The van der Waals surface area contributed by atoms with E-state index in [0.717, 1.165) is 22.8 Å². The van der Waals surface area contributed by atoms with Crippen molar-refractivity contribution in [1.82, 2.24) is 9.13 Å². The van der Waals surface area contributed by atoms with Crippen LogP contribution in [-0.2, 0) is 18.1 Å². The molecule has 58 heavy (non-hydrogen) atoms. The lowest BCUT2D eigenvalue weighted by Crippen LogP contribution is -2.76. The number of aryl methyl sites for hydroxylation is 1. The first kappa shape index (κ1) is 33.9. The lowest BCUT2D eigenvalue weighted by molar-refractivity contribution is -0.960. The smallest absolute Gasteiger partial charge is 0.372 e. The van der Waals surface area contributed by atoms with Crippen molar-refractivity contribution < 1.29 is 13.9 Å². The minimum absolute atomic E-state index is 0.212. The summed E-state index contributed by atoms with van der Waals surface area (Å²) in [5, 5.41) is 3.95. The van der Waals surface area contributed by atoms with Crippen LogP contribution in [0.1, 0.15) is 31.9 Å². The van der Waals surface area contributed by atoms with Crippen LogP contribution in [0.5, 0.6) is 5.75 Å². The van der Waals surface area contributed by atoms with Gasteiger partial charge in [0.15, 0.2) is 17.2 Å². The van der Waals surface area contributed by atoms with Gasteiger partial charge in [0.25, 0.3) is 5.82 Å². The van der Waals surface area contributed by atoms with E-state index in [-0.39, 0.29) is 5.41 Å². The average molecular weight is 771 g/mol. The third-order valence-corrected chi connectivity index (χ3v) is 15.3. The summed E-state index contributed by atoms with van der Waals surface area (Å²) in [4.78, 5) is 0. The maximum Gasteiger partial charge on any atom is 0.372 e. The van der Waals surface area contributed by atoms with Crippen molar-refractivity contribution in [2.24, 2.45) is 7.05 Å². The highest BCUT2D eigenvalue weighted by Crippen LogP contribution is 2.53. The van der Waals surface area contributed by atoms with E-state index in [1.54, 1.807) is 0 Å². The quantitative estimate of drug-likeness (QED) is 0.130. The van der Waals surface area contributed by atoms with Gasteiger partial charge in [-0.3, -0.25) is 0 Å². The monoisotopic (exact) mass is 770 g/mol. The van der Waals surface area contributed by atoms with Gasteiger partial charge in [0.1, 0.15) is 11.3 Å². The molecule has 5 nitrogen and oxygen atoms in total. The Balaban J connectivity index is 1.25. The van der Waals surface area contributed by atoms with Crippen LogP contribution in [0.3, 0.4) is 0 Å². The molecule has 1 spiro atoms. The second-order valence-electron chi connectivity index (χ2n) is 18.7. The van der Waals surface area contributed by atoms with Crippen LogP contribution in [0.4, 0.5) is 0 Å². The number of benzene rings is 6. The molecule has 3 aliphatic heterocycles. The van der Waals surface area contributed by atoms with E-state index in [2.05, 4.69) is 205 Å². The minimum atomic E-state index is -1.72. The van der Waals surface area contributed by atoms with Crippen molar-refractivity contribution in [2.45, 2.75) is 51.5 Å². The Morgan fingerprint density at radius 2 is 1.33 bits per heavy atom. The molecule has 12 rings (SSSR count). The third-order valence-electron chi connectivity index (χ3n) is 13.3. The molecule has 282 valence electrons. The van der Waals surface area contributed by atoms with Crippen molar-refractivity contribution in [3.8, 4) is 56.3 Å². The van der Waals surface area contributed by atoms with Crippen LogP contribution in [-0.4, -0.2) is 23.8 Å². The zero-order valence-corrected chi connectivity index (χ0v) is 35.2. The number of nitrogens with zero attached hydrogens (tertiary/aromatic N) is 4. The Hall–Kier alpha value is -6.24. The van der Waals surface area contributed by atoms with E-state index in [0.29, 0.717) is 6.61 Å². The first-order valence-corrected chi connectivity index (χ1v) is 24.1. The van der Waals surface area contributed by atoms with E-state index in [1.165, 1.54) is 82.7 Å². The van der Waals surface area contributed by atoms with Gasteiger partial charge >= 0.3 is 5.66 Å². The molecule has 0 radical (unpaired) electrons. The normalized spacial score (nSPS) is 16.3. The molecule has 1 atom stereocenters. The van der Waals surface area contributed by atoms with Crippen molar-refractivity contribution in [1.29, 1.82) is 0 Å². The largest absolute Gasteiger partial charge is 0.480 e. The number of ether oxygens (including phenoxy) is 1. The summed E-state index contributed by atoms with van der Waals surface area (Å²) in [6.45, 7) is 14.8. The molecule has 9 aromatic rings. The van der Waals surface area contributed by atoms with Crippen LogP contribution < -0.4 is 19.1 Å². The Kier molecular flexibility index (Phi) is 6.56. The van der Waals surface area contributed by atoms with Crippen LogP contribution in [0.2, 0.25) is 19.6 Å². The molecule has 0 aliphatic carbocycles. The van der Waals surface area contributed by atoms with Crippen molar-refractivity contribution in [3.05, 3.63) is 151 Å². The van der Waals surface area contributed by atoms with Crippen LogP contribution in [0, 0.1) is 0 Å². The van der Waals surface area contributed by atoms with Crippen molar-refractivity contribution in [3.63, 3.8) is 0 Å². The van der Waals surface area contributed by atoms with Gasteiger partial charge in [0, 0.05) is 44.4 Å². The number of rotatable bonds is 3. The topological polar surface area (TPSA) is 26.8 Å². The van der Waals surface area contributed by atoms with E-state index in [1.807, 2.05) is 0 Å². The van der Waals surface area contributed by atoms with Gasteiger partial charge in [-0.15, -0.1) is 4.57 Å². The highest BCUT2D eigenvalue weighted by Gasteiger charge is 2.65. The van der Waals surface area contributed by atoms with Gasteiger partial charge in [0.05, 0.1) is 37.3 Å². The predicted octanol–water partition coefficient (Wildman–Crippen LogP) is 10.6. The maximum absolute atomic E-state index is 7.56. The fourth-order valence-electron chi connectivity index (χ4n) is 10.6.